The van der Waals surface area contributed by atoms with E-state index in [2.05, 4.69) is 6.92 Å². The van der Waals surface area contributed by atoms with E-state index in [4.69, 9.17) is 16.3 Å². The summed E-state index contributed by atoms with van der Waals surface area (Å²) in [6.45, 7) is 3.01. The summed E-state index contributed by atoms with van der Waals surface area (Å²) < 4.78 is 4.96. The van der Waals surface area contributed by atoms with Crippen LogP contribution in [0.3, 0.4) is 0 Å². The predicted molar refractivity (Wildman–Crippen MR) is 83.4 cm³/mol. The molecule has 0 radical (unpaired) electrons. The van der Waals surface area contributed by atoms with Crippen molar-refractivity contribution < 1.29 is 19.2 Å². The first-order valence-electron chi connectivity index (χ1n) is 7.27. The van der Waals surface area contributed by atoms with Gasteiger partial charge >= 0.3 is 5.97 Å². The Morgan fingerprint density at radius 3 is 2.87 bits per heavy atom. The number of rotatable bonds is 4. The van der Waals surface area contributed by atoms with Crippen molar-refractivity contribution in [3.63, 3.8) is 0 Å². The molecule has 0 saturated carbocycles. The number of piperidine rings is 1. The first-order valence-corrected chi connectivity index (χ1v) is 7.65. The van der Waals surface area contributed by atoms with Crippen LogP contribution in [0, 0.1) is 16.0 Å². The third-order valence-electron chi connectivity index (χ3n) is 3.71. The van der Waals surface area contributed by atoms with Gasteiger partial charge in [-0.2, -0.15) is 0 Å². The third kappa shape index (κ3) is 4.41. The minimum atomic E-state index is -0.789. The maximum Gasteiger partial charge on any atom is 0.338 e. The Bertz CT molecular complexity index is 634. The number of nitro groups is 1. The van der Waals surface area contributed by atoms with Crippen molar-refractivity contribution in [2.45, 2.75) is 19.8 Å². The number of carbonyl (C=O) groups excluding carboxylic acids is 2. The second-order valence-electron chi connectivity index (χ2n) is 5.59. The fraction of sp³-hybridized carbons (Fsp3) is 0.467. The fourth-order valence-corrected chi connectivity index (χ4v) is 2.68. The van der Waals surface area contributed by atoms with Crippen LogP contribution in [0.1, 0.15) is 30.1 Å². The molecule has 1 atom stereocenters. The van der Waals surface area contributed by atoms with Crippen LogP contribution >= 0.6 is 11.6 Å². The average molecular weight is 341 g/mol. The van der Waals surface area contributed by atoms with Gasteiger partial charge in [0.05, 0.1) is 10.5 Å². The van der Waals surface area contributed by atoms with Gasteiger partial charge in [-0.05, 0) is 30.9 Å². The molecule has 23 heavy (non-hydrogen) atoms. The maximum atomic E-state index is 12.0. The molecule has 8 heteroatoms. The van der Waals surface area contributed by atoms with Crippen LogP contribution in [0.4, 0.5) is 5.69 Å². The second kappa shape index (κ2) is 7.41. The minimum absolute atomic E-state index is 0.0130. The molecule has 1 aliphatic rings. The van der Waals surface area contributed by atoms with E-state index in [9.17, 15) is 19.7 Å². The first-order chi connectivity index (χ1) is 10.9. The van der Waals surface area contributed by atoms with Crippen LogP contribution in [0.2, 0.25) is 5.02 Å². The second-order valence-corrected chi connectivity index (χ2v) is 5.99. The van der Waals surface area contributed by atoms with Crippen molar-refractivity contribution in [1.82, 2.24) is 4.90 Å². The molecule has 0 N–H and O–H groups in total. The van der Waals surface area contributed by atoms with Gasteiger partial charge in [0, 0.05) is 19.2 Å². The van der Waals surface area contributed by atoms with E-state index < -0.39 is 10.9 Å². The highest BCUT2D eigenvalue weighted by Gasteiger charge is 2.23. The number of ether oxygens (including phenoxy) is 1. The molecule has 0 aliphatic carbocycles. The smallest absolute Gasteiger partial charge is 0.338 e. The normalized spacial score (nSPS) is 17.7. The summed E-state index contributed by atoms with van der Waals surface area (Å²) in [6, 6.07) is 3.62. The van der Waals surface area contributed by atoms with Gasteiger partial charge in [-0.25, -0.2) is 4.79 Å². The van der Waals surface area contributed by atoms with Crippen LogP contribution in [0.5, 0.6) is 0 Å². The Balaban J connectivity index is 1.95. The Morgan fingerprint density at radius 1 is 1.48 bits per heavy atom. The van der Waals surface area contributed by atoms with Gasteiger partial charge in [-0.15, -0.1) is 0 Å². The molecule has 1 aromatic carbocycles. The molecule has 124 valence electrons. The van der Waals surface area contributed by atoms with Crippen LogP contribution in [-0.2, 0) is 9.53 Å². The third-order valence-corrected chi connectivity index (χ3v) is 4.03. The fourth-order valence-electron chi connectivity index (χ4n) is 2.50. The highest BCUT2D eigenvalue weighted by atomic mass is 35.5. The number of hydrogen-bond acceptors (Lipinski definition) is 5. The number of halogens is 1. The van der Waals surface area contributed by atoms with E-state index >= 15 is 0 Å². The molecule has 1 aromatic rings. The van der Waals surface area contributed by atoms with Gasteiger partial charge in [0.1, 0.15) is 5.02 Å². The summed E-state index contributed by atoms with van der Waals surface area (Å²) >= 11 is 5.68. The van der Waals surface area contributed by atoms with Crippen molar-refractivity contribution in [3.05, 3.63) is 38.9 Å². The standard InChI is InChI=1S/C15H17ClN2O5/c1-10-3-2-6-17(8-10)14(19)9-23-15(20)11-4-5-12(16)13(7-11)18(21)22/h4-5,7,10H,2-3,6,8-9H2,1H3/t10-/m0/s1. The van der Waals surface area contributed by atoms with Gasteiger partial charge in [0.15, 0.2) is 6.61 Å². The number of nitrogens with zero attached hydrogens (tertiary/aromatic N) is 2. The quantitative estimate of drug-likeness (QED) is 0.477. The largest absolute Gasteiger partial charge is 0.452 e. The number of nitro benzene ring substituents is 1. The summed E-state index contributed by atoms with van der Waals surface area (Å²) in [5.74, 6) is -0.612. The number of benzene rings is 1. The van der Waals surface area contributed by atoms with Crippen LogP contribution < -0.4 is 0 Å². The summed E-state index contributed by atoms with van der Waals surface area (Å²) in [5, 5.41) is 10.7. The van der Waals surface area contributed by atoms with Crippen molar-refractivity contribution in [2.24, 2.45) is 5.92 Å². The van der Waals surface area contributed by atoms with Crippen molar-refractivity contribution in [2.75, 3.05) is 19.7 Å². The molecule has 0 spiro atoms. The summed E-state index contributed by atoms with van der Waals surface area (Å²) in [5.41, 5.74) is -0.391. The van der Waals surface area contributed by atoms with E-state index in [0.29, 0.717) is 19.0 Å². The lowest BCUT2D eigenvalue weighted by Crippen LogP contribution is -2.41. The summed E-state index contributed by atoms with van der Waals surface area (Å²) in [6.07, 6.45) is 2.02. The first kappa shape index (κ1) is 17.2. The van der Waals surface area contributed by atoms with Crippen LogP contribution in [0.25, 0.3) is 0 Å². The lowest BCUT2D eigenvalue weighted by Gasteiger charge is -2.30. The molecule has 0 bridgehead atoms. The molecular formula is C15H17ClN2O5. The molecular weight excluding hydrogens is 324 g/mol. The van der Waals surface area contributed by atoms with Crippen LogP contribution in [0.15, 0.2) is 18.2 Å². The Kier molecular flexibility index (Phi) is 5.54. The molecule has 1 saturated heterocycles. The molecule has 1 heterocycles. The molecule has 2 rings (SSSR count). The number of hydrogen-bond donors (Lipinski definition) is 0. The van der Waals surface area contributed by atoms with Gasteiger partial charge in [-0.3, -0.25) is 14.9 Å². The monoisotopic (exact) mass is 340 g/mol. The Hall–Kier alpha value is -2.15. The lowest BCUT2D eigenvalue weighted by molar-refractivity contribution is -0.384. The van der Waals surface area contributed by atoms with Crippen molar-refractivity contribution in [1.29, 1.82) is 0 Å². The number of likely N-dealkylation sites (tertiary alicyclic amines) is 1. The lowest BCUT2D eigenvalue weighted by atomic mass is 10.0. The summed E-state index contributed by atoms with van der Waals surface area (Å²) in [7, 11) is 0. The topological polar surface area (TPSA) is 89.8 Å². The van der Waals surface area contributed by atoms with E-state index in [1.54, 1.807) is 4.90 Å². The van der Waals surface area contributed by atoms with Crippen molar-refractivity contribution in [3.8, 4) is 0 Å². The van der Waals surface area contributed by atoms with Gasteiger partial charge in [0.25, 0.3) is 11.6 Å². The minimum Gasteiger partial charge on any atom is -0.452 e. The SMILES string of the molecule is C[C@H]1CCCN(C(=O)COC(=O)c2ccc(Cl)c([N+](=O)[O-])c2)C1. The van der Waals surface area contributed by atoms with E-state index in [1.165, 1.54) is 12.1 Å². The summed E-state index contributed by atoms with van der Waals surface area (Å²) in [4.78, 5) is 35.8. The van der Waals surface area contributed by atoms with Crippen molar-refractivity contribution >= 4 is 29.2 Å². The zero-order valence-electron chi connectivity index (χ0n) is 12.7. The molecule has 1 aliphatic heterocycles. The van der Waals surface area contributed by atoms with Gasteiger partial charge in [0.2, 0.25) is 0 Å². The molecule has 7 nitrogen and oxygen atoms in total. The number of esters is 1. The van der Waals surface area contributed by atoms with Crippen LogP contribution in [-0.4, -0.2) is 41.4 Å². The maximum absolute atomic E-state index is 12.0. The number of amides is 1. The highest BCUT2D eigenvalue weighted by molar-refractivity contribution is 6.32. The Labute approximate surface area is 138 Å². The zero-order chi connectivity index (χ0) is 17.0. The van der Waals surface area contributed by atoms with Gasteiger partial charge < -0.3 is 9.64 Å². The van der Waals surface area contributed by atoms with E-state index in [0.717, 1.165) is 18.9 Å². The van der Waals surface area contributed by atoms with Gasteiger partial charge in [-0.1, -0.05) is 18.5 Å². The molecule has 0 unspecified atom stereocenters. The highest BCUT2D eigenvalue weighted by Crippen LogP contribution is 2.25. The molecule has 1 fully saturated rings. The molecule has 0 aromatic heterocycles. The van der Waals surface area contributed by atoms with E-state index in [-0.39, 0.29) is 28.8 Å². The molecule has 1 amide bonds. The van der Waals surface area contributed by atoms with E-state index in [1.807, 2.05) is 0 Å². The average Bonchev–Trinajstić information content (AvgIpc) is 2.52. The Morgan fingerprint density at radius 2 is 2.22 bits per heavy atom. The zero-order valence-corrected chi connectivity index (χ0v) is 13.4. The number of carbonyl (C=O) groups is 2. The predicted octanol–water partition coefficient (Wildman–Crippen LogP) is 2.66.